The molecule has 0 saturated carbocycles. The number of rotatable bonds is 11. The molecule has 1 fully saturated rings. The summed E-state index contributed by atoms with van der Waals surface area (Å²) in [6.45, 7) is 8.33. The number of imidazole rings is 1. The second kappa shape index (κ2) is 12.2. The molecule has 1 atom stereocenters. The highest BCUT2D eigenvalue weighted by Gasteiger charge is 2.15. The molecule has 0 spiro atoms. The van der Waals surface area contributed by atoms with Crippen LogP contribution < -0.4 is 10.6 Å². The lowest BCUT2D eigenvalue weighted by molar-refractivity contribution is 0.0888. The van der Waals surface area contributed by atoms with Crippen LogP contribution in [0.4, 0.5) is 0 Å². The standard InChI is InChI=1S/C22H33N5O2/c1-2-23-22(25-10-6-13-28-17-20-9-14-29-18-20)26-15-21-24-11-12-27(21)16-19-7-4-3-5-8-19/h3-5,7-8,11-12,20H,2,6,9-10,13-18H2,1H3,(H2,23,25,26). The van der Waals surface area contributed by atoms with Crippen LogP contribution in [0, 0.1) is 5.92 Å². The Labute approximate surface area is 173 Å². The second-order valence-corrected chi connectivity index (χ2v) is 7.24. The highest BCUT2D eigenvalue weighted by atomic mass is 16.5. The first-order chi connectivity index (χ1) is 14.3. The van der Waals surface area contributed by atoms with Gasteiger partial charge in [-0.1, -0.05) is 30.3 Å². The number of aromatic nitrogens is 2. The van der Waals surface area contributed by atoms with E-state index in [-0.39, 0.29) is 0 Å². The third-order valence-electron chi connectivity index (χ3n) is 4.86. The van der Waals surface area contributed by atoms with Crippen molar-refractivity contribution >= 4 is 5.96 Å². The van der Waals surface area contributed by atoms with Gasteiger partial charge in [-0.25, -0.2) is 9.98 Å². The van der Waals surface area contributed by atoms with E-state index in [9.17, 15) is 0 Å². The van der Waals surface area contributed by atoms with Crippen LogP contribution in [0.5, 0.6) is 0 Å². The number of ether oxygens (including phenoxy) is 2. The molecule has 1 aromatic heterocycles. The highest BCUT2D eigenvalue weighted by Crippen LogP contribution is 2.12. The highest BCUT2D eigenvalue weighted by molar-refractivity contribution is 5.79. The number of aliphatic imine (C=N–C) groups is 1. The fourth-order valence-electron chi connectivity index (χ4n) is 3.25. The van der Waals surface area contributed by atoms with Gasteiger partial charge in [0, 0.05) is 51.2 Å². The number of hydrogen-bond acceptors (Lipinski definition) is 4. The maximum atomic E-state index is 5.76. The van der Waals surface area contributed by atoms with Crippen molar-refractivity contribution in [3.63, 3.8) is 0 Å². The molecule has 7 heteroatoms. The Kier molecular flexibility index (Phi) is 9.00. The zero-order valence-electron chi connectivity index (χ0n) is 17.3. The molecule has 0 amide bonds. The van der Waals surface area contributed by atoms with Crippen molar-refractivity contribution in [3.8, 4) is 0 Å². The summed E-state index contributed by atoms with van der Waals surface area (Å²) < 4.78 is 13.3. The molecular formula is C22H33N5O2. The molecule has 0 aliphatic carbocycles. The van der Waals surface area contributed by atoms with E-state index >= 15 is 0 Å². The van der Waals surface area contributed by atoms with E-state index in [2.05, 4.69) is 51.4 Å². The summed E-state index contributed by atoms with van der Waals surface area (Å²) in [7, 11) is 0. The van der Waals surface area contributed by atoms with Gasteiger partial charge in [0.05, 0.1) is 13.2 Å². The van der Waals surface area contributed by atoms with Crippen LogP contribution in [0.15, 0.2) is 47.7 Å². The Morgan fingerprint density at radius 1 is 1.31 bits per heavy atom. The van der Waals surface area contributed by atoms with E-state index < -0.39 is 0 Å². The number of guanidine groups is 1. The van der Waals surface area contributed by atoms with Crippen molar-refractivity contribution in [3.05, 3.63) is 54.1 Å². The Hall–Kier alpha value is -2.38. The van der Waals surface area contributed by atoms with Crippen molar-refractivity contribution in [2.45, 2.75) is 32.9 Å². The van der Waals surface area contributed by atoms with E-state index in [1.807, 2.05) is 18.5 Å². The Morgan fingerprint density at radius 2 is 2.21 bits per heavy atom. The molecule has 2 N–H and O–H groups in total. The lowest BCUT2D eigenvalue weighted by Crippen LogP contribution is -2.38. The van der Waals surface area contributed by atoms with Crippen LogP contribution in [0.25, 0.3) is 0 Å². The fraction of sp³-hybridized carbons (Fsp3) is 0.545. The zero-order valence-corrected chi connectivity index (χ0v) is 17.3. The van der Waals surface area contributed by atoms with Gasteiger partial charge < -0.3 is 24.7 Å². The lowest BCUT2D eigenvalue weighted by atomic mass is 10.1. The summed E-state index contributed by atoms with van der Waals surface area (Å²) in [5.41, 5.74) is 1.25. The maximum Gasteiger partial charge on any atom is 0.191 e. The molecule has 2 aromatic rings. The molecule has 0 bridgehead atoms. The van der Waals surface area contributed by atoms with Gasteiger partial charge in [-0.15, -0.1) is 0 Å². The van der Waals surface area contributed by atoms with Crippen LogP contribution in [-0.4, -0.2) is 55.0 Å². The molecule has 158 valence electrons. The minimum absolute atomic E-state index is 0.535. The molecule has 1 aromatic carbocycles. The summed E-state index contributed by atoms with van der Waals surface area (Å²) in [6, 6.07) is 10.4. The third-order valence-corrected chi connectivity index (χ3v) is 4.86. The molecule has 7 nitrogen and oxygen atoms in total. The van der Waals surface area contributed by atoms with Crippen LogP contribution >= 0.6 is 0 Å². The van der Waals surface area contributed by atoms with Gasteiger partial charge in [0.1, 0.15) is 12.4 Å². The molecule has 1 aliphatic heterocycles. The Bertz CT molecular complexity index is 726. The largest absolute Gasteiger partial charge is 0.381 e. The SMILES string of the molecule is CCNC(=NCc1nccn1Cc1ccccc1)NCCCOCC1CCOC1. The lowest BCUT2D eigenvalue weighted by Gasteiger charge is -2.12. The summed E-state index contributed by atoms with van der Waals surface area (Å²) in [6.07, 6.45) is 5.90. The Morgan fingerprint density at radius 3 is 3.00 bits per heavy atom. The smallest absolute Gasteiger partial charge is 0.191 e. The quantitative estimate of drug-likeness (QED) is 0.345. The average Bonchev–Trinajstić information content (AvgIpc) is 3.41. The topological polar surface area (TPSA) is 72.7 Å². The van der Waals surface area contributed by atoms with Crippen molar-refractivity contribution in [2.24, 2.45) is 10.9 Å². The second-order valence-electron chi connectivity index (χ2n) is 7.24. The van der Waals surface area contributed by atoms with Crippen molar-refractivity contribution in [2.75, 3.05) is 39.5 Å². The van der Waals surface area contributed by atoms with E-state index in [0.717, 1.165) is 70.7 Å². The molecule has 1 saturated heterocycles. The van der Waals surface area contributed by atoms with Crippen LogP contribution in [-0.2, 0) is 22.6 Å². The normalized spacial score (nSPS) is 16.9. The first-order valence-electron chi connectivity index (χ1n) is 10.6. The predicted molar refractivity (Wildman–Crippen MR) is 115 cm³/mol. The first-order valence-corrected chi connectivity index (χ1v) is 10.6. The van der Waals surface area contributed by atoms with Gasteiger partial charge in [0.15, 0.2) is 5.96 Å². The molecule has 1 aliphatic rings. The molecule has 0 radical (unpaired) electrons. The number of nitrogens with zero attached hydrogens (tertiary/aromatic N) is 3. The summed E-state index contributed by atoms with van der Waals surface area (Å²) in [4.78, 5) is 9.17. The number of nitrogens with one attached hydrogen (secondary N) is 2. The van der Waals surface area contributed by atoms with Crippen molar-refractivity contribution in [1.82, 2.24) is 20.2 Å². The fourth-order valence-corrected chi connectivity index (χ4v) is 3.25. The minimum Gasteiger partial charge on any atom is -0.381 e. The zero-order chi connectivity index (χ0) is 20.2. The van der Waals surface area contributed by atoms with Crippen molar-refractivity contribution < 1.29 is 9.47 Å². The Balaban J connectivity index is 1.41. The van der Waals surface area contributed by atoms with E-state index in [0.29, 0.717) is 12.5 Å². The van der Waals surface area contributed by atoms with Gasteiger partial charge >= 0.3 is 0 Å². The van der Waals surface area contributed by atoms with E-state index in [4.69, 9.17) is 14.5 Å². The first kappa shape index (κ1) is 21.3. The van der Waals surface area contributed by atoms with E-state index in [1.165, 1.54) is 5.56 Å². The molecular weight excluding hydrogens is 366 g/mol. The van der Waals surface area contributed by atoms with Crippen LogP contribution in [0.2, 0.25) is 0 Å². The van der Waals surface area contributed by atoms with Crippen LogP contribution in [0.1, 0.15) is 31.2 Å². The predicted octanol–water partition coefficient (Wildman–Crippen LogP) is 2.43. The van der Waals surface area contributed by atoms with Crippen LogP contribution in [0.3, 0.4) is 0 Å². The van der Waals surface area contributed by atoms with Gasteiger partial charge in [0.2, 0.25) is 0 Å². The van der Waals surface area contributed by atoms with E-state index in [1.54, 1.807) is 0 Å². The molecule has 2 heterocycles. The summed E-state index contributed by atoms with van der Waals surface area (Å²) >= 11 is 0. The summed E-state index contributed by atoms with van der Waals surface area (Å²) in [5, 5.41) is 6.67. The summed E-state index contributed by atoms with van der Waals surface area (Å²) in [5.74, 6) is 2.33. The molecule has 3 rings (SSSR count). The minimum atomic E-state index is 0.535. The van der Waals surface area contributed by atoms with Gasteiger partial charge in [-0.2, -0.15) is 0 Å². The maximum absolute atomic E-state index is 5.76. The van der Waals surface area contributed by atoms with Gasteiger partial charge in [0.25, 0.3) is 0 Å². The van der Waals surface area contributed by atoms with Gasteiger partial charge in [-0.3, -0.25) is 0 Å². The number of benzene rings is 1. The molecule has 29 heavy (non-hydrogen) atoms. The number of hydrogen-bond donors (Lipinski definition) is 2. The third kappa shape index (κ3) is 7.51. The van der Waals surface area contributed by atoms with Crippen molar-refractivity contribution in [1.29, 1.82) is 0 Å². The average molecular weight is 400 g/mol. The molecule has 1 unspecified atom stereocenters. The van der Waals surface area contributed by atoms with Gasteiger partial charge in [-0.05, 0) is 25.3 Å². The monoisotopic (exact) mass is 399 g/mol.